The van der Waals surface area contributed by atoms with Crippen molar-refractivity contribution in [2.45, 2.75) is 32.4 Å². The van der Waals surface area contributed by atoms with E-state index in [9.17, 15) is 4.79 Å². The van der Waals surface area contributed by atoms with Crippen LogP contribution in [0.15, 0.2) is 0 Å². The highest BCUT2D eigenvalue weighted by molar-refractivity contribution is 5.72. The molecule has 13 heavy (non-hydrogen) atoms. The highest BCUT2D eigenvalue weighted by Gasteiger charge is 2.24. The minimum absolute atomic E-state index is 0.122. The number of nitrogens with zero attached hydrogens (tertiary/aromatic N) is 1. The Bertz CT molecular complexity index is 182. The first-order valence-corrected chi connectivity index (χ1v) is 4.75. The molecule has 1 rings (SSSR count). The molecule has 0 radical (unpaired) electrons. The monoisotopic (exact) mass is 186 g/mol. The van der Waals surface area contributed by atoms with Crippen LogP contribution in [0.1, 0.15) is 20.3 Å². The van der Waals surface area contributed by atoms with Crippen LogP contribution in [-0.4, -0.2) is 42.6 Å². The number of morpholine rings is 1. The fraction of sp³-hybridized carbons (Fsp3) is 0.889. The van der Waals surface area contributed by atoms with E-state index in [2.05, 4.69) is 11.8 Å². The molecule has 4 heteroatoms. The molecular formula is C9H18N2O2. The first-order valence-electron chi connectivity index (χ1n) is 4.75. The molecular weight excluding hydrogens is 168 g/mol. The van der Waals surface area contributed by atoms with Gasteiger partial charge in [-0.05, 0) is 20.3 Å². The Kier molecular flexibility index (Phi) is 3.69. The standard InChI is InChI=1S/C9H18N2O2/c1-7(10)3-4-11-5-9(12)13-6-8(11)2/h7-8H,3-6,10H2,1-2H3. The Morgan fingerprint density at radius 1 is 1.77 bits per heavy atom. The Morgan fingerprint density at radius 2 is 2.46 bits per heavy atom. The molecule has 0 aromatic carbocycles. The van der Waals surface area contributed by atoms with E-state index in [1.54, 1.807) is 0 Å². The molecule has 0 spiro atoms. The fourth-order valence-corrected chi connectivity index (χ4v) is 1.36. The first-order chi connectivity index (χ1) is 6.09. The van der Waals surface area contributed by atoms with Gasteiger partial charge in [0.15, 0.2) is 0 Å². The molecule has 0 amide bonds. The summed E-state index contributed by atoms with van der Waals surface area (Å²) in [7, 11) is 0. The summed E-state index contributed by atoms with van der Waals surface area (Å²) in [6, 6.07) is 0.529. The van der Waals surface area contributed by atoms with Crippen molar-refractivity contribution in [2.75, 3.05) is 19.7 Å². The second-order valence-electron chi connectivity index (χ2n) is 3.77. The SMILES string of the molecule is CC(N)CCN1CC(=O)OCC1C. The minimum atomic E-state index is -0.122. The maximum absolute atomic E-state index is 11.0. The van der Waals surface area contributed by atoms with Crippen LogP contribution in [0, 0.1) is 0 Å². The van der Waals surface area contributed by atoms with E-state index in [-0.39, 0.29) is 12.0 Å². The molecule has 76 valence electrons. The molecule has 2 N–H and O–H groups in total. The van der Waals surface area contributed by atoms with Crippen molar-refractivity contribution in [1.82, 2.24) is 4.90 Å². The molecule has 4 nitrogen and oxygen atoms in total. The number of nitrogens with two attached hydrogens (primary N) is 1. The zero-order chi connectivity index (χ0) is 9.84. The van der Waals surface area contributed by atoms with Crippen LogP contribution in [0.5, 0.6) is 0 Å². The van der Waals surface area contributed by atoms with Crippen molar-refractivity contribution in [1.29, 1.82) is 0 Å². The van der Waals surface area contributed by atoms with Gasteiger partial charge in [0.1, 0.15) is 6.61 Å². The molecule has 2 unspecified atom stereocenters. The summed E-state index contributed by atoms with van der Waals surface area (Å²) in [6.07, 6.45) is 0.928. The molecule has 0 bridgehead atoms. The first kappa shape index (κ1) is 10.5. The third-order valence-corrected chi connectivity index (χ3v) is 2.31. The van der Waals surface area contributed by atoms with Crippen LogP contribution in [0.4, 0.5) is 0 Å². The maximum atomic E-state index is 11.0. The summed E-state index contributed by atoms with van der Waals surface area (Å²) < 4.78 is 4.92. The van der Waals surface area contributed by atoms with Gasteiger partial charge in [0.25, 0.3) is 0 Å². The second-order valence-corrected chi connectivity index (χ2v) is 3.77. The van der Waals surface area contributed by atoms with Crippen molar-refractivity contribution in [3.05, 3.63) is 0 Å². The van der Waals surface area contributed by atoms with Gasteiger partial charge in [-0.15, -0.1) is 0 Å². The number of esters is 1. The van der Waals surface area contributed by atoms with Crippen molar-refractivity contribution in [2.24, 2.45) is 5.73 Å². The average molecular weight is 186 g/mol. The smallest absolute Gasteiger partial charge is 0.320 e. The van der Waals surface area contributed by atoms with Gasteiger partial charge < -0.3 is 10.5 Å². The van der Waals surface area contributed by atoms with Crippen LogP contribution in [0.3, 0.4) is 0 Å². The predicted octanol–water partition coefficient (Wildman–Crippen LogP) is -0.0290. The van der Waals surface area contributed by atoms with Crippen LogP contribution in [-0.2, 0) is 9.53 Å². The van der Waals surface area contributed by atoms with Crippen molar-refractivity contribution < 1.29 is 9.53 Å². The molecule has 1 heterocycles. The Labute approximate surface area is 79.0 Å². The molecule has 0 saturated carbocycles. The van der Waals surface area contributed by atoms with E-state index in [4.69, 9.17) is 10.5 Å². The summed E-state index contributed by atoms with van der Waals surface area (Å²) in [5.41, 5.74) is 5.65. The van der Waals surface area contributed by atoms with E-state index in [0.29, 0.717) is 19.2 Å². The van der Waals surface area contributed by atoms with E-state index < -0.39 is 0 Å². The number of carbonyl (C=O) groups excluding carboxylic acids is 1. The second kappa shape index (κ2) is 4.58. The zero-order valence-corrected chi connectivity index (χ0v) is 8.32. The van der Waals surface area contributed by atoms with Crippen LogP contribution in [0.2, 0.25) is 0 Å². The molecule has 1 aliphatic heterocycles. The van der Waals surface area contributed by atoms with Crippen LogP contribution >= 0.6 is 0 Å². The number of ether oxygens (including phenoxy) is 1. The van der Waals surface area contributed by atoms with E-state index in [1.807, 2.05) is 6.92 Å². The van der Waals surface area contributed by atoms with Gasteiger partial charge in [0, 0.05) is 18.6 Å². The summed E-state index contributed by atoms with van der Waals surface area (Å²) in [6.45, 7) is 5.85. The van der Waals surface area contributed by atoms with Crippen molar-refractivity contribution in [3.63, 3.8) is 0 Å². The Morgan fingerprint density at radius 3 is 3.08 bits per heavy atom. The molecule has 0 aromatic rings. The fourth-order valence-electron chi connectivity index (χ4n) is 1.36. The minimum Gasteiger partial charge on any atom is -0.463 e. The quantitative estimate of drug-likeness (QED) is 0.629. The van der Waals surface area contributed by atoms with Gasteiger partial charge in [-0.3, -0.25) is 9.69 Å². The highest BCUT2D eigenvalue weighted by Crippen LogP contribution is 2.07. The molecule has 0 aliphatic carbocycles. The zero-order valence-electron chi connectivity index (χ0n) is 8.32. The predicted molar refractivity (Wildman–Crippen MR) is 50.3 cm³/mol. The summed E-state index contributed by atoms with van der Waals surface area (Å²) in [5.74, 6) is -0.122. The largest absolute Gasteiger partial charge is 0.463 e. The van der Waals surface area contributed by atoms with E-state index >= 15 is 0 Å². The highest BCUT2D eigenvalue weighted by atomic mass is 16.5. The lowest BCUT2D eigenvalue weighted by Crippen LogP contribution is -2.47. The van der Waals surface area contributed by atoms with Gasteiger partial charge in [-0.2, -0.15) is 0 Å². The van der Waals surface area contributed by atoms with Gasteiger partial charge in [0.2, 0.25) is 0 Å². The van der Waals surface area contributed by atoms with Crippen LogP contribution < -0.4 is 5.73 Å². The number of hydrogen-bond donors (Lipinski definition) is 1. The maximum Gasteiger partial charge on any atom is 0.320 e. The number of hydrogen-bond acceptors (Lipinski definition) is 4. The number of carbonyl (C=O) groups is 1. The topological polar surface area (TPSA) is 55.6 Å². The molecule has 1 aliphatic rings. The van der Waals surface area contributed by atoms with Gasteiger partial charge >= 0.3 is 5.97 Å². The normalized spacial score (nSPS) is 27.0. The van der Waals surface area contributed by atoms with Gasteiger partial charge in [-0.1, -0.05) is 0 Å². The Balaban J connectivity index is 2.33. The lowest BCUT2D eigenvalue weighted by Gasteiger charge is -2.32. The lowest BCUT2D eigenvalue weighted by molar-refractivity contribution is -0.153. The van der Waals surface area contributed by atoms with E-state index in [0.717, 1.165) is 13.0 Å². The number of rotatable bonds is 3. The summed E-state index contributed by atoms with van der Waals surface area (Å²) in [4.78, 5) is 13.1. The summed E-state index contributed by atoms with van der Waals surface area (Å²) >= 11 is 0. The molecule has 1 fully saturated rings. The van der Waals surface area contributed by atoms with Crippen molar-refractivity contribution >= 4 is 5.97 Å². The van der Waals surface area contributed by atoms with E-state index in [1.165, 1.54) is 0 Å². The Hall–Kier alpha value is -0.610. The van der Waals surface area contributed by atoms with Gasteiger partial charge in [-0.25, -0.2) is 0 Å². The molecule has 2 atom stereocenters. The van der Waals surface area contributed by atoms with Crippen LogP contribution in [0.25, 0.3) is 0 Å². The molecule has 1 saturated heterocycles. The van der Waals surface area contributed by atoms with Gasteiger partial charge in [0.05, 0.1) is 6.54 Å². The molecule has 0 aromatic heterocycles. The average Bonchev–Trinajstić information content (AvgIpc) is 2.06. The van der Waals surface area contributed by atoms with Crippen molar-refractivity contribution in [3.8, 4) is 0 Å². The number of cyclic esters (lactones) is 1. The lowest BCUT2D eigenvalue weighted by atomic mass is 10.2. The third kappa shape index (κ3) is 3.32. The third-order valence-electron chi connectivity index (χ3n) is 2.31. The summed E-state index contributed by atoms with van der Waals surface area (Å²) in [5, 5.41) is 0.